The molecule has 2 fully saturated rings. The van der Waals surface area contributed by atoms with Crippen LogP contribution in [0.1, 0.15) is 30.0 Å². The number of hydrogen-bond donors (Lipinski definition) is 3. The van der Waals surface area contributed by atoms with Crippen molar-refractivity contribution < 1.29 is 19.1 Å². The largest absolute Gasteiger partial charge is 0.480 e. The number of hydrogen-bond acceptors (Lipinski definition) is 7. The summed E-state index contributed by atoms with van der Waals surface area (Å²) in [6.07, 6.45) is 1.91. The average Bonchev–Trinajstić information content (AvgIpc) is 3.29. The van der Waals surface area contributed by atoms with E-state index in [1.54, 1.807) is 12.1 Å². The van der Waals surface area contributed by atoms with Gasteiger partial charge in [0, 0.05) is 36.5 Å². The highest BCUT2D eigenvalue weighted by molar-refractivity contribution is 6.31. The van der Waals surface area contributed by atoms with Crippen molar-refractivity contribution in [2.45, 2.75) is 36.9 Å². The lowest BCUT2D eigenvalue weighted by atomic mass is 9.75. The van der Waals surface area contributed by atoms with E-state index in [1.807, 2.05) is 12.1 Å². The fourth-order valence-electron chi connectivity index (χ4n) is 5.36. The number of amides is 2. The van der Waals surface area contributed by atoms with Crippen molar-refractivity contribution in [3.8, 4) is 5.75 Å². The van der Waals surface area contributed by atoms with Gasteiger partial charge in [-0.1, -0.05) is 23.7 Å². The summed E-state index contributed by atoms with van der Waals surface area (Å²) in [6.45, 7) is 1.17. The number of anilines is 2. The fourth-order valence-corrected chi connectivity index (χ4v) is 5.62. The Bertz CT molecular complexity index is 1150. The van der Waals surface area contributed by atoms with Gasteiger partial charge in [-0.2, -0.15) is 0 Å². The minimum atomic E-state index is -0.518. The monoisotopic (exact) mass is 469 g/mol. The maximum absolute atomic E-state index is 12.6. The minimum Gasteiger partial charge on any atom is -0.480 e. The summed E-state index contributed by atoms with van der Waals surface area (Å²) in [5.41, 5.74) is 8.24. The molecule has 1 aromatic heterocycles. The van der Waals surface area contributed by atoms with E-state index in [2.05, 4.69) is 21.7 Å². The second-order valence-electron chi connectivity index (χ2n) is 9.30. The number of nitrogens with zero attached hydrogens (tertiary/aromatic N) is 2. The first kappa shape index (κ1) is 20.7. The predicted octanol–water partition coefficient (Wildman–Crippen LogP) is 2.39. The predicted molar refractivity (Wildman–Crippen MR) is 122 cm³/mol. The van der Waals surface area contributed by atoms with Crippen LogP contribution in [-0.4, -0.2) is 48.3 Å². The van der Waals surface area contributed by atoms with Crippen LogP contribution >= 0.6 is 11.6 Å². The van der Waals surface area contributed by atoms with E-state index in [0.717, 1.165) is 42.0 Å². The Kier molecular flexibility index (Phi) is 4.76. The van der Waals surface area contributed by atoms with Crippen molar-refractivity contribution >= 4 is 35.2 Å². The van der Waals surface area contributed by atoms with Crippen LogP contribution in [0, 0.1) is 5.92 Å². The van der Waals surface area contributed by atoms with Gasteiger partial charge in [0.25, 0.3) is 5.91 Å². The smallest absolute Gasteiger partial charge is 0.416 e. The number of nitrogens with one attached hydrogen (secondary N) is 2. The van der Waals surface area contributed by atoms with Gasteiger partial charge in [-0.25, -0.2) is 9.78 Å². The summed E-state index contributed by atoms with van der Waals surface area (Å²) in [4.78, 5) is 30.1. The number of aromatic nitrogens is 1. The highest BCUT2D eigenvalue weighted by Gasteiger charge is 2.55. The number of pyridine rings is 1. The van der Waals surface area contributed by atoms with Gasteiger partial charge in [0.05, 0.1) is 6.54 Å². The molecule has 2 aliphatic heterocycles. The first-order valence-electron chi connectivity index (χ1n) is 11.1. The average molecular weight is 470 g/mol. The molecule has 33 heavy (non-hydrogen) atoms. The van der Waals surface area contributed by atoms with Gasteiger partial charge >= 0.3 is 6.09 Å². The Hall–Kier alpha value is -2.88. The van der Waals surface area contributed by atoms with Crippen molar-refractivity contribution in [2.24, 2.45) is 11.7 Å². The molecule has 1 aromatic carbocycles. The van der Waals surface area contributed by atoms with Crippen LogP contribution in [0.5, 0.6) is 5.75 Å². The molecule has 2 aliphatic carbocycles. The molecule has 9 nitrogen and oxygen atoms in total. The first-order chi connectivity index (χ1) is 15.9. The zero-order valence-electron chi connectivity index (χ0n) is 17.8. The van der Waals surface area contributed by atoms with Gasteiger partial charge in [0.2, 0.25) is 0 Å². The van der Waals surface area contributed by atoms with E-state index in [4.69, 9.17) is 26.8 Å². The van der Waals surface area contributed by atoms with Crippen molar-refractivity contribution in [1.29, 1.82) is 0 Å². The molecule has 2 unspecified atom stereocenters. The van der Waals surface area contributed by atoms with Crippen molar-refractivity contribution in [3.05, 3.63) is 46.5 Å². The molecule has 2 amide bonds. The molecule has 4 aliphatic rings. The van der Waals surface area contributed by atoms with Crippen LogP contribution in [0.4, 0.5) is 16.4 Å². The maximum atomic E-state index is 12.6. The summed E-state index contributed by atoms with van der Waals surface area (Å²) in [5.74, 6) is 1.26. The summed E-state index contributed by atoms with van der Waals surface area (Å²) in [7, 11) is 0. The molecule has 1 saturated heterocycles. The molecule has 1 saturated carbocycles. The van der Waals surface area contributed by atoms with Crippen LogP contribution in [0.15, 0.2) is 30.3 Å². The Labute approximate surface area is 195 Å². The van der Waals surface area contributed by atoms with Gasteiger partial charge in [0.15, 0.2) is 18.2 Å². The third kappa shape index (κ3) is 3.51. The Balaban J connectivity index is 1.06. The summed E-state index contributed by atoms with van der Waals surface area (Å²) in [6, 6.07) is 9.56. The second kappa shape index (κ2) is 7.58. The number of fused-ring (bicyclic) bond motifs is 2. The van der Waals surface area contributed by atoms with Gasteiger partial charge in [-0.05, 0) is 41.7 Å². The normalized spacial score (nSPS) is 29.8. The van der Waals surface area contributed by atoms with Crippen molar-refractivity contribution in [1.82, 2.24) is 10.3 Å². The molecule has 4 N–H and O–H groups in total. The van der Waals surface area contributed by atoms with E-state index < -0.39 is 11.7 Å². The first-order valence-corrected chi connectivity index (χ1v) is 11.5. The molecule has 10 heteroatoms. The van der Waals surface area contributed by atoms with Gasteiger partial charge < -0.3 is 25.8 Å². The quantitative estimate of drug-likeness (QED) is 0.629. The number of halogens is 1. The van der Waals surface area contributed by atoms with Gasteiger partial charge in [-0.3, -0.25) is 9.69 Å². The lowest BCUT2D eigenvalue weighted by molar-refractivity contribution is -0.118. The highest BCUT2D eigenvalue weighted by atomic mass is 35.5. The number of carbonyl (C=O) groups excluding carboxylic acids is 2. The topological polar surface area (TPSA) is 119 Å². The number of carbonyl (C=O) groups is 2. The van der Waals surface area contributed by atoms with Crippen molar-refractivity contribution in [2.75, 3.05) is 29.9 Å². The zero-order chi connectivity index (χ0) is 22.7. The maximum Gasteiger partial charge on any atom is 0.416 e. The van der Waals surface area contributed by atoms with E-state index in [0.29, 0.717) is 23.9 Å². The third-order valence-corrected chi connectivity index (χ3v) is 7.46. The van der Waals surface area contributed by atoms with Crippen LogP contribution < -0.4 is 26.0 Å². The number of ether oxygens (including phenoxy) is 2. The zero-order valence-corrected chi connectivity index (χ0v) is 18.6. The van der Waals surface area contributed by atoms with E-state index in [-0.39, 0.29) is 30.5 Å². The fraction of sp³-hybridized carbons (Fsp3) is 0.435. The van der Waals surface area contributed by atoms with Gasteiger partial charge in [0.1, 0.15) is 11.4 Å². The SMILES string of the molecule is NC1c2cccc(Cl)c2CC1CNC1CC2(C1)CN(c1ccc3c(n1)NC(=O)CO3)C(=O)O2. The van der Waals surface area contributed by atoms with E-state index >= 15 is 0 Å². The summed E-state index contributed by atoms with van der Waals surface area (Å²) >= 11 is 6.35. The molecule has 2 atom stereocenters. The number of benzene rings is 1. The minimum absolute atomic E-state index is 0.0282. The van der Waals surface area contributed by atoms with E-state index in [1.165, 1.54) is 4.90 Å². The molecule has 0 radical (unpaired) electrons. The lowest BCUT2D eigenvalue weighted by Gasteiger charge is -2.43. The molecule has 172 valence electrons. The Morgan fingerprint density at radius 1 is 1.27 bits per heavy atom. The van der Waals surface area contributed by atoms with E-state index in [9.17, 15) is 9.59 Å². The van der Waals surface area contributed by atoms with Gasteiger partial charge in [-0.15, -0.1) is 0 Å². The number of rotatable bonds is 4. The van der Waals surface area contributed by atoms with Crippen LogP contribution in [0.3, 0.4) is 0 Å². The Morgan fingerprint density at radius 3 is 2.94 bits per heavy atom. The van der Waals surface area contributed by atoms with Crippen molar-refractivity contribution in [3.63, 3.8) is 0 Å². The molecule has 0 bridgehead atoms. The molecular formula is C23H24ClN5O4. The molecular weight excluding hydrogens is 446 g/mol. The third-order valence-electron chi connectivity index (χ3n) is 7.10. The Morgan fingerprint density at radius 2 is 2.12 bits per heavy atom. The highest BCUT2D eigenvalue weighted by Crippen LogP contribution is 2.44. The summed E-state index contributed by atoms with van der Waals surface area (Å²) in [5, 5.41) is 7.05. The van der Waals surface area contributed by atoms with Crippen LogP contribution in [0.25, 0.3) is 0 Å². The number of nitrogens with two attached hydrogens (primary N) is 1. The molecule has 1 spiro atoms. The van der Waals surface area contributed by atoms with Crippen LogP contribution in [0.2, 0.25) is 5.02 Å². The lowest BCUT2D eigenvalue weighted by Crippen LogP contribution is -2.56. The summed E-state index contributed by atoms with van der Waals surface area (Å²) < 4.78 is 11.1. The van der Waals surface area contributed by atoms with Crippen LogP contribution in [-0.2, 0) is 16.0 Å². The molecule has 6 rings (SSSR count). The second-order valence-corrected chi connectivity index (χ2v) is 9.71. The molecule has 3 heterocycles. The molecule has 2 aromatic rings. The standard InChI is InChI=1S/C23H24ClN5O4/c24-16-3-1-2-14-15(16)6-12(20(14)25)9-26-13-7-23(8-13)11-29(22(31)33-23)18-5-4-17-21(27-18)28-19(30)10-32-17/h1-5,12-13,20,26H,6-11,25H2,(H,27,28,30).